The van der Waals surface area contributed by atoms with Crippen LogP contribution < -0.4 is 14.5 Å². The van der Waals surface area contributed by atoms with Gasteiger partial charge in [0.2, 0.25) is 11.8 Å². The fourth-order valence-electron chi connectivity index (χ4n) is 3.70. The molecule has 0 aliphatic carbocycles. The van der Waals surface area contributed by atoms with Gasteiger partial charge < -0.3 is 24.7 Å². The van der Waals surface area contributed by atoms with E-state index in [9.17, 15) is 10.2 Å². The first kappa shape index (κ1) is 19.3. The van der Waals surface area contributed by atoms with Crippen LogP contribution in [-0.2, 0) is 0 Å². The molecule has 2 N–H and O–H groups in total. The van der Waals surface area contributed by atoms with E-state index in [1.807, 2.05) is 37.3 Å². The minimum Gasteiger partial charge on any atom is -0.497 e. The first-order chi connectivity index (χ1) is 14.0. The fourth-order valence-corrected chi connectivity index (χ4v) is 3.87. The largest absolute Gasteiger partial charge is 0.497 e. The molecule has 1 aromatic heterocycles. The second-order valence-corrected chi connectivity index (χ2v) is 7.56. The molecule has 0 radical (unpaired) electrons. The highest BCUT2D eigenvalue weighted by molar-refractivity contribution is 6.31. The van der Waals surface area contributed by atoms with E-state index in [-0.39, 0.29) is 11.8 Å². The summed E-state index contributed by atoms with van der Waals surface area (Å²) in [5.74, 6) is 0.825. The van der Waals surface area contributed by atoms with Crippen LogP contribution in [0.4, 0.5) is 11.4 Å². The van der Waals surface area contributed by atoms with Gasteiger partial charge >= 0.3 is 0 Å². The summed E-state index contributed by atoms with van der Waals surface area (Å²) < 4.78 is 6.73. The van der Waals surface area contributed by atoms with Crippen molar-refractivity contribution < 1.29 is 14.9 Å². The third kappa shape index (κ3) is 3.68. The molecule has 0 saturated carbocycles. The van der Waals surface area contributed by atoms with Gasteiger partial charge in [0.1, 0.15) is 11.4 Å². The van der Waals surface area contributed by atoms with Gasteiger partial charge in [0.05, 0.1) is 12.8 Å². The lowest BCUT2D eigenvalue weighted by atomic mass is 10.2. The Bertz CT molecular complexity index is 1030. The highest BCUT2D eigenvalue weighted by Crippen LogP contribution is 2.39. The van der Waals surface area contributed by atoms with Crippen molar-refractivity contribution >= 4 is 23.0 Å². The van der Waals surface area contributed by atoms with Crippen molar-refractivity contribution in [1.29, 1.82) is 0 Å². The average Bonchev–Trinajstić information content (AvgIpc) is 3.04. The molecule has 0 unspecified atom stereocenters. The first-order valence-corrected chi connectivity index (χ1v) is 9.90. The summed E-state index contributed by atoms with van der Waals surface area (Å²) in [6.45, 7) is 4.96. The Morgan fingerprint density at radius 1 is 0.897 bits per heavy atom. The van der Waals surface area contributed by atoms with E-state index in [0.29, 0.717) is 16.4 Å². The lowest BCUT2D eigenvalue weighted by Gasteiger charge is -2.37. The number of piperazine rings is 1. The zero-order valence-electron chi connectivity index (χ0n) is 16.5. The highest BCUT2D eigenvalue weighted by atomic mass is 35.5. The monoisotopic (exact) mass is 413 g/mol. The van der Waals surface area contributed by atoms with Crippen molar-refractivity contribution in [3.05, 3.63) is 59.1 Å². The second-order valence-electron chi connectivity index (χ2n) is 7.16. The summed E-state index contributed by atoms with van der Waals surface area (Å²) >= 11 is 6.22. The summed E-state index contributed by atoms with van der Waals surface area (Å²) in [7, 11) is 1.66. The number of anilines is 2. The SMILES string of the molecule is COc1cccc(N2CCN(c3cc(O)n(-c4ccc(C)c(Cl)c4)c3O)CC2)c1. The van der Waals surface area contributed by atoms with Crippen LogP contribution in [0, 0.1) is 6.92 Å². The predicted octanol–water partition coefficient (Wildman–Crippen LogP) is 4.19. The van der Waals surface area contributed by atoms with Crippen LogP contribution in [0.25, 0.3) is 5.69 Å². The molecule has 1 fully saturated rings. The minimum atomic E-state index is -0.0207. The fraction of sp³-hybridized carbons (Fsp3) is 0.273. The van der Waals surface area contributed by atoms with E-state index in [2.05, 4.69) is 15.9 Å². The van der Waals surface area contributed by atoms with Gasteiger partial charge in [-0.3, -0.25) is 0 Å². The number of aromatic nitrogens is 1. The highest BCUT2D eigenvalue weighted by Gasteiger charge is 2.24. The number of rotatable bonds is 4. The topological polar surface area (TPSA) is 61.1 Å². The summed E-state index contributed by atoms with van der Waals surface area (Å²) in [5.41, 5.74) is 3.29. The van der Waals surface area contributed by atoms with Crippen molar-refractivity contribution in [1.82, 2.24) is 4.57 Å². The van der Waals surface area contributed by atoms with Crippen molar-refractivity contribution in [2.75, 3.05) is 43.1 Å². The van der Waals surface area contributed by atoms with E-state index in [0.717, 1.165) is 43.2 Å². The molecule has 0 bridgehead atoms. The molecule has 29 heavy (non-hydrogen) atoms. The van der Waals surface area contributed by atoms with Crippen LogP contribution in [0.2, 0.25) is 5.02 Å². The predicted molar refractivity (Wildman–Crippen MR) is 116 cm³/mol. The molecule has 1 aliphatic heterocycles. The maximum Gasteiger partial charge on any atom is 0.223 e. The summed E-state index contributed by atoms with van der Waals surface area (Å²) in [6, 6.07) is 15.0. The van der Waals surface area contributed by atoms with Gasteiger partial charge in [-0.05, 0) is 36.8 Å². The van der Waals surface area contributed by atoms with Gasteiger partial charge in [-0.1, -0.05) is 23.7 Å². The molecule has 1 saturated heterocycles. The third-order valence-corrected chi connectivity index (χ3v) is 5.80. The van der Waals surface area contributed by atoms with Crippen LogP contribution in [0.5, 0.6) is 17.5 Å². The van der Waals surface area contributed by atoms with Gasteiger partial charge in [-0.25, -0.2) is 4.57 Å². The number of aromatic hydroxyl groups is 2. The Balaban J connectivity index is 1.54. The first-order valence-electron chi connectivity index (χ1n) is 9.52. The molecule has 0 amide bonds. The van der Waals surface area contributed by atoms with Crippen molar-refractivity contribution in [3.8, 4) is 23.2 Å². The molecule has 0 spiro atoms. The van der Waals surface area contributed by atoms with Gasteiger partial charge in [0.15, 0.2) is 0 Å². The Kier molecular flexibility index (Phi) is 5.20. The van der Waals surface area contributed by atoms with E-state index < -0.39 is 0 Å². The Hall–Kier alpha value is -2.99. The molecule has 152 valence electrons. The molecule has 4 rings (SSSR count). The third-order valence-electron chi connectivity index (χ3n) is 5.39. The van der Waals surface area contributed by atoms with Crippen LogP contribution in [0.1, 0.15) is 5.56 Å². The molecular weight excluding hydrogens is 390 g/mol. The number of hydrogen-bond acceptors (Lipinski definition) is 5. The number of nitrogens with zero attached hydrogens (tertiary/aromatic N) is 3. The van der Waals surface area contributed by atoms with E-state index in [4.69, 9.17) is 16.3 Å². The minimum absolute atomic E-state index is 0.0113. The molecule has 7 heteroatoms. The van der Waals surface area contributed by atoms with Crippen LogP contribution in [-0.4, -0.2) is 48.1 Å². The molecule has 0 atom stereocenters. The quantitative estimate of drug-likeness (QED) is 0.671. The molecule has 3 aromatic rings. The zero-order valence-corrected chi connectivity index (χ0v) is 17.2. The Morgan fingerprint density at radius 3 is 2.31 bits per heavy atom. The van der Waals surface area contributed by atoms with Gasteiger partial charge in [0, 0.05) is 49.0 Å². The number of aryl methyl sites for hydroxylation is 1. The molecule has 1 aliphatic rings. The number of hydrogen-bond donors (Lipinski definition) is 2. The van der Waals surface area contributed by atoms with Crippen molar-refractivity contribution in [2.24, 2.45) is 0 Å². The van der Waals surface area contributed by atoms with Crippen LogP contribution in [0.15, 0.2) is 48.5 Å². The maximum atomic E-state index is 10.8. The van der Waals surface area contributed by atoms with Crippen LogP contribution in [0.3, 0.4) is 0 Å². The standard InChI is InChI=1S/C22H24ClN3O3/c1-15-6-7-17(13-19(15)23)26-21(27)14-20(22(26)28)25-10-8-24(9-11-25)16-4-3-5-18(12-16)29-2/h3-7,12-14,27-28H,8-11H2,1-2H3. The lowest BCUT2D eigenvalue weighted by molar-refractivity contribution is 0.402. The zero-order chi connectivity index (χ0) is 20.5. The Labute approximate surface area is 175 Å². The smallest absolute Gasteiger partial charge is 0.223 e. The van der Waals surface area contributed by atoms with Crippen LogP contribution >= 0.6 is 11.6 Å². The lowest BCUT2D eigenvalue weighted by Crippen LogP contribution is -2.46. The number of halogens is 1. The second kappa shape index (κ2) is 7.79. The molecule has 2 heterocycles. The van der Waals surface area contributed by atoms with E-state index >= 15 is 0 Å². The van der Waals surface area contributed by atoms with E-state index in [1.54, 1.807) is 19.2 Å². The van der Waals surface area contributed by atoms with Gasteiger partial charge in [-0.15, -0.1) is 0 Å². The summed E-state index contributed by atoms with van der Waals surface area (Å²) in [4.78, 5) is 4.37. The maximum absolute atomic E-state index is 10.8. The van der Waals surface area contributed by atoms with Gasteiger partial charge in [-0.2, -0.15) is 0 Å². The Morgan fingerprint density at radius 2 is 1.62 bits per heavy atom. The molecular formula is C22H24ClN3O3. The van der Waals surface area contributed by atoms with E-state index in [1.165, 1.54) is 4.57 Å². The van der Waals surface area contributed by atoms with Gasteiger partial charge in [0.25, 0.3) is 0 Å². The summed E-state index contributed by atoms with van der Waals surface area (Å²) in [6.07, 6.45) is 0. The molecule has 6 nitrogen and oxygen atoms in total. The van der Waals surface area contributed by atoms with Crippen molar-refractivity contribution in [3.63, 3.8) is 0 Å². The van der Waals surface area contributed by atoms with Crippen molar-refractivity contribution in [2.45, 2.75) is 6.92 Å². The number of benzene rings is 2. The average molecular weight is 414 g/mol. The normalized spacial score (nSPS) is 14.3. The molecule has 2 aromatic carbocycles. The number of methoxy groups -OCH3 is 1. The summed E-state index contributed by atoms with van der Waals surface area (Å²) in [5, 5.41) is 21.9. The number of ether oxygens (including phenoxy) is 1.